The van der Waals surface area contributed by atoms with Crippen LogP contribution < -0.4 is 11.2 Å². The molecule has 0 aromatic rings. The van der Waals surface area contributed by atoms with Gasteiger partial charge in [0.15, 0.2) is 5.11 Å². The van der Waals surface area contributed by atoms with Gasteiger partial charge < -0.3 is 5.73 Å². The number of hydrogen-bond acceptors (Lipinski definition) is 2. The number of thiocarbonyl (C=S) groups is 1. The van der Waals surface area contributed by atoms with Gasteiger partial charge in [-0.3, -0.25) is 5.43 Å². The van der Waals surface area contributed by atoms with Crippen LogP contribution >= 0.6 is 12.2 Å². The molecule has 0 bridgehead atoms. The third-order valence-electron chi connectivity index (χ3n) is 1.96. The van der Waals surface area contributed by atoms with Crippen LogP contribution in [0.25, 0.3) is 0 Å². The summed E-state index contributed by atoms with van der Waals surface area (Å²) in [6.45, 7) is 6.43. The maximum absolute atomic E-state index is 5.28. The van der Waals surface area contributed by atoms with E-state index in [0.29, 0.717) is 5.92 Å². The largest absolute Gasteiger partial charge is 0.375 e. The smallest absolute Gasteiger partial charge is 0.184 e. The van der Waals surface area contributed by atoms with Crippen LogP contribution in [0.1, 0.15) is 40.0 Å². The zero-order chi connectivity index (χ0) is 10.3. The molecule has 0 amide bonds. The molecule has 0 spiro atoms. The number of hydrazone groups is 1. The molecule has 0 saturated heterocycles. The summed E-state index contributed by atoms with van der Waals surface area (Å²) in [6, 6.07) is 0. The minimum Gasteiger partial charge on any atom is -0.375 e. The Labute approximate surface area is 85.8 Å². The Kier molecular flexibility index (Phi) is 6.49. The standard InChI is InChI=1S/C9H19N3S/c1-4-6-7(3)8(5-2)11-12-9(10)13/h7H,4-6H2,1-3H3,(H3,10,12,13). The van der Waals surface area contributed by atoms with Gasteiger partial charge in [-0.05, 0) is 31.0 Å². The van der Waals surface area contributed by atoms with E-state index >= 15 is 0 Å². The van der Waals surface area contributed by atoms with Crippen LogP contribution in [0.3, 0.4) is 0 Å². The molecule has 0 aromatic carbocycles. The van der Waals surface area contributed by atoms with Crippen molar-refractivity contribution in [3.8, 4) is 0 Å². The highest BCUT2D eigenvalue weighted by Gasteiger charge is 2.07. The van der Waals surface area contributed by atoms with Crippen LogP contribution in [0.5, 0.6) is 0 Å². The molecule has 0 fully saturated rings. The fourth-order valence-electron chi connectivity index (χ4n) is 1.26. The topological polar surface area (TPSA) is 50.4 Å². The van der Waals surface area contributed by atoms with E-state index in [1.807, 2.05) is 0 Å². The Morgan fingerprint density at radius 1 is 1.54 bits per heavy atom. The highest BCUT2D eigenvalue weighted by Crippen LogP contribution is 2.09. The average molecular weight is 201 g/mol. The highest BCUT2D eigenvalue weighted by molar-refractivity contribution is 7.80. The first-order valence-corrected chi connectivity index (χ1v) is 5.14. The zero-order valence-electron chi connectivity index (χ0n) is 8.63. The SMILES string of the molecule is CCCC(C)C(CC)=NNC(N)=S. The quantitative estimate of drug-likeness (QED) is 0.406. The summed E-state index contributed by atoms with van der Waals surface area (Å²) < 4.78 is 0. The number of hydrogen-bond donors (Lipinski definition) is 2. The lowest BCUT2D eigenvalue weighted by Crippen LogP contribution is -2.26. The maximum Gasteiger partial charge on any atom is 0.184 e. The van der Waals surface area contributed by atoms with Crippen molar-refractivity contribution in [3.63, 3.8) is 0 Å². The Bertz CT molecular complexity index is 189. The van der Waals surface area contributed by atoms with E-state index in [-0.39, 0.29) is 5.11 Å². The van der Waals surface area contributed by atoms with E-state index in [9.17, 15) is 0 Å². The van der Waals surface area contributed by atoms with Crippen molar-refractivity contribution in [3.05, 3.63) is 0 Å². The Morgan fingerprint density at radius 3 is 2.54 bits per heavy atom. The molecule has 0 aliphatic rings. The van der Waals surface area contributed by atoms with Gasteiger partial charge in [0.1, 0.15) is 0 Å². The van der Waals surface area contributed by atoms with Gasteiger partial charge in [0.05, 0.1) is 0 Å². The number of nitrogens with two attached hydrogens (primary N) is 1. The summed E-state index contributed by atoms with van der Waals surface area (Å²) in [7, 11) is 0. The Hall–Kier alpha value is -0.640. The minimum atomic E-state index is 0.231. The summed E-state index contributed by atoms with van der Waals surface area (Å²) in [5.74, 6) is 0.511. The first kappa shape index (κ1) is 12.4. The van der Waals surface area contributed by atoms with Gasteiger partial charge in [-0.25, -0.2) is 0 Å². The van der Waals surface area contributed by atoms with Gasteiger partial charge in [0.2, 0.25) is 0 Å². The van der Waals surface area contributed by atoms with E-state index in [1.165, 1.54) is 6.42 Å². The number of nitrogens with zero attached hydrogens (tertiary/aromatic N) is 1. The van der Waals surface area contributed by atoms with Crippen molar-refractivity contribution in [1.29, 1.82) is 0 Å². The van der Waals surface area contributed by atoms with Crippen LogP contribution in [0, 0.1) is 5.92 Å². The highest BCUT2D eigenvalue weighted by atomic mass is 32.1. The molecule has 0 saturated carbocycles. The molecule has 0 radical (unpaired) electrons. The second-order valence-corrected chi connectivity index (χ2v) is 3.56. The van der Waals surface area contributed by atoms with E-state index in [4.69, 9.17) is 5.73 Å². The van der Waals surface area contributed by atoms with Crippen LogP contribution in [-0.4, -0.2) is 10.8 Å². The Balaban J connectivity index is 4.13. The van der Waals surface area contributed by atoms with E-state index in [0.717, 1.165) is 18.6 Å². The molecule has 4 heteroatoms. The lowest BCUT2D eigenvalue weighted by molar-refractivity contribution is 0.652. The van der Waals surface area contributed by atoms with Crippen molar-refractivity contribution < 1.29 is 0 Å². The maximum atomic E-state index is 5.28. The van der Waals surface area contributed by atoms with E-state index < -0.39 is 0 Å². The van der Waals surface area contributed by atoms with Crippen molar-refractivity contribution in [1.82, 2.24) is 5.43 Å². The normalized spacial score (nSPS) is 13.9. The van der Waals surface area contributed by atoms with Gasteiger partial charge >= 0.3 is 0 Å². The molecule has 3 N–H and O–H groups in total. The Morgan fingerprint density at radius 2 is 2.15 bits per heavy atom. The molecule has 1 atom stereocenters. The molecule has 0 aromatic heterocycles. The lowest BCUT2D eigenvalue weighted by Gasteiger charge is -2.11. The molecule has 1 unspecified atom stereocenters. The lowest BCUT2D eigenvalue weighted by atomic mass is 9.99. The van der Waals surface area contributed by atoms with E-state index in [2.05, 4.69) is 43.5 Å². The van der Waals surface area contributed by atoms with Gasteiger partial charge in [-0.15, -0.1) is 0 Å². The minimum absolute atomic E-state index is 0.231. The predicted octanol–water partition coefficient (Wildman–Crippen LogP) is 2.02. The molecule has 0 aliphatic heterocycles. The summed E-state index contributed by atoms with van der Waals surface area (Å²) >= 11 is 4.67. The van der Waals surface area contributed by atoms with Gasteiger partial charge in [-0.1, -0.05) is 27.2 Å². The van der Waals surface area contributed by atoms with Crippen LogP contribution in [0.15, 0.2) is 5.10 Å². The second-order valence-electron chi connectivity index (χ2n) is 3.12. The van der Waals surface area contributed by atoms with Crippen molar-refractivity contribution >= 4 is 23.0 Å². The first-order chi connectivity index (χ1) is 6.11. The summed E-state index contributed by atoms with van der Waals surface area (Å²) in [4.78, 5) is 0. The third-order valence-corrected chi connectivity index (χ3v) is 2.05. The molecular formula is C9H19N3S. The zero-order valence-corrected chi connectivity index (χ0v) is 9.45. The molecule has 0 heterocycles. The van der Waals surface area contributed by atoms with Crippen LogP contribution in [0.4, 0.5) is 0 Å². The van der Waals surface area contributed by atoms with Gasteiger partial charge in [0.25, 0.3) is 0 Å². The van der Waals surface area contributed by atoms with Crippen LogP contribution in [0.2, 0.25) is 0 Å². The summed E-state index contributed by atoms with van der Waals surface area (Å²) in [5.41, 5.74) is 9.05. The average Bonchev–Trinajstić information content (AvgIpc) is 2.05. The molecule has 13 heavy (non-hydrogen) atoms. The third kappa shape index (κ3) is 5.58. The fourth-order valence-corrected chi connectivity index (χ4v) is 1.31. The molecule has 0 rings (SSSR count). The predicted molar refractivity (Wildman–Crippen MR) is 61.7 cm³/mol. The first-order valence-electron chi connectivity index (χ1n) is 4.73. The summed E-state index contributed by atoms with van der Waals surface area (Å²) in [6.07, 6.45) is 3.27. The molecule has 0 aliphatic carbocycles. The van der Waals surface area contributed by atoms with Crippen molar-refractivity contribution in [2.45, 2.75) is 40.0 Å². The monoisotopic (exact) mass is 201 g/mol. The van der Waals surface area contributed by atoms with Crippen molar-refractivity contribution in [2.24, 2.45) is 16.8 Å². The number of rotatable bonds is 5. The van der Waals surface area contributed by atoms with Gasteiger partial charge in [-0.2, -0.15) is 5.10 Å². The molecular weight excluding hydrogens is 182 g/mol. The molecule has 76 valence electrons. The molecule has 3 nitrogen and oxygen atoms in total. The van der Waals surface area contributed by atoms with E-state index in [1.54, 1.807) is 0 Å². The fraction of sp³-hybridized carbons (Fsp3) is 0.778. The van der Waals surface area contributed by atoms with Crippen molar-refractivity contribution in [2.75, 3.05) is 0 Å². The second kappa shape index (κ2) is 6.83. The number of nitrogens with one attached hydrogen (secondary N) is 1. The summed E-state index contributed by atoms with van der Waals surface area (Å²) in [5, 5.41) is 4.39. The van der Waals surface area contributed by atoms with Crippen LogP contribution in [-0.2, 0) is 0 Å². The van der Waals surface area contributed by atoms with Gasteiger partial charge in [0, 0.05) is 5.71 Å².